The first kappa shape index (κ1) is 39.9. The molecule has 3 N–H and O–H groups in total. The van der Waals surface area contributed by atoms with Crippen LogP contribution < -0.4 is 24.8 Å². The van der Waals surface area contributed by atoms with Gasteiger partial charge in [0.15, 0.2) is 0 Å². The van der Waals surface area contributed by atoms with E-state index in [0.29, 0.717) is 45.6 Å². The molecule has 5 atom stereocenters. The minimum Gasteiger partial charge on any atom is -0.494 e. The van der Waals surface area contributed by atoms with E-state index in [0.717, 1.165) is 0 Å². The number of hydrogen-bond acceptors (Lipinski definition) is 11. The van der Waals surface area contributed by atoms with Gasteiger partial charge in [0.05, 0.1) is 24.6 Å². The van der Waals surface area contributed by atoms with Crippen LogP contribution in [-0.4, -0.2) is 104 Å². The summed E-state index contributed by atoms with van der Waals surface area (Å²) in [6, 6.07) is 9.88. The summed E-state index contributed by atoms with van der Waals surface area (Å²) in [4.78, 5) is 62.4. The Labute approximate surface area is 326 Å². The highest BCUT2D eigenvalue weighted by Gasteiger charge is 2.67. The summed E-state index contributed by atoms with van der Waals surface area (Å²) in [5.41, 5.74) is -1.08. The highest BCUT2D eigenvalue weighted by atomic mass is 35.5. The molecule has 3 aromatic rings. The van der Waals surface area contributed by atoms with Crippen molar-refractivity contribution in [3.05, 3.63) is 71.9 Å². The molecule has 1 saturated heterocycles. The molecule has 0 radical (unpaired) electrons. The van der Waals surface area contributed by atoms with Crippen molar-refractivity contribution in [2.45, 2.75) is 75.4 Å². The van der Waals surface area contributed by atoms with Gasteiger partial charge in [-0.05, 0) is 67.1 Å². The van der Waals surface area contributed by atoms with Gasteiger partial charge in [0.2, 0.25) is 27.7 Å². The van der Waals surface area contributed by atoms with Gasteiger partial charge < -0.3 is 19.7 Å². The van der Waals surface area contributed by atoms with Gasteiger partial charge in [0.1, 0.15) is 23.4 Å². The third-order valence-electron chi connectivity index (χ3n) is 10.4. The van der Waals surface area contributed by atoms with Crippen molar-refractivity contribution in [1.29, 1.82) is 0 Å². The third-order valence-corrected chi connectivity index (χ3v) is 12.5. The molecule has 4 amide bonds. The van der Waals surface area contributed by atoms with Crippen LogP contribution in [0, 0.1) is 11.3 Å². The van der Waals surface area contributed by atoms with Crippen molar-refractivity contribution in [1.82, 2.24) is 24.8 Å². The maximum Gasteiger partial charge on any atom is 0.254 e. The molecule has 0 spiro atoms. The van der Waals surface area contributed by atoms with Gasteiger partial charge in [-0.25, -0.2) is 13.4 Å². The number of benzene rings is 2. The van der Waals surface area contributed by atoms with Crippen LogP contribution in [0.5, 0.6) is 11.6 Å². The number of pyridine rings is 1. The quantitative estimate of drug-likeness (QED) is 0.212. The van der Waals surface area contributed by atoms with Crippen molar-refractivity contribution in [2.75, 3.05) is 33.1 Å². The summed E-state index contributed by atoms with van der Waals surface area (Å²) in [6.45, 7) is 9.46. The van der Waals surface area contributed by atoms with Gasteiger partial charge in [-0.3, -0.25) is 34.1 Å². The predicted octanol–water partition coefficient (Wildman–Crippen LogP) is 4.14. The molecule has 294 valence electrons. The number of sulfonamides is 1. The summed E-state index contributed by atoms with van der Waals surface area (Å²) in [5.74, 6) is -1.96. The molecule has 2 aliphatic carbocycles. The van der Waals surface area contributed by atoms with E-state index >= 15 is 0 Å². The summed E-state index contributed by atoms with van der Waals surface area (Å²) in [5, 5.41) is 6.86. The van der Waals surface area contributed by atoms with E-state index in [1.54, 1.807) is 67.5 Å². The van der Waals surface area contributed by atoms with E-state index in [2.05, 4.69) is 26.9 Å². The highest BCUT2D eigenvalue weighted by molar-refractivity contribution is 7.91. The van der Waals surface area contributed by atoms with E-state index < -0.39 is 68.1 Å². The molecular formula is C39H47ClN6O8S. The van der Waals surface area contributed by atoms with Crippen LogP contribution in [0.25, 0.3) is 10.8 Å². The Morgan fingerprint density at radius 1 is 1.09 bits per heavy atom. The van der Waals surface area contributed by atoms with Gasteiger partial charge in [-0.15, -0.1) is 6.58 Å². The predicted molar refractivity (Wildman–Crippen MR) is 208 cm³/mol. The number of hydrogen-bond donors (Lipinski definition) is 3. The smallest absolute Gasteiger partial charge is 0.254 e. The van der Waals surface area contributed by atoms with Crippen LogP contribution >= 0.6 is 11.6 Å². The fraction of sp³-hybridized carbons (Fsp3) is 0.462. The number of amides is 4. The van der Waals surface area contributed by atoms with Gasteiger partial charge in [0.25, 0.3) is 11.8 Å². The normalized spacial score (nSPS) is 23.0. The van der Waals surface area contributed by atoms with Crippen molar-refractivity contribution >= 4 is 61.7 Å². The van der Waals surface area contributed by atoms with Crippen molar-refractivity contribution in [3.8, 4) is 11.6 Å². The fourth-order valence-electron chi connectivity index (χ4n) is 7.19. The number of likely N-dealkylation sites (tertiary alicyclic amines) is 1. The van der Waals surface area contributed by atoms with Gasteiger partial charge >= 0.3 is 0 Å². The largest absolute Gasteiger partial charge is 0.494 e. The number of halogens is 1. The zero-order valence-corrected chi connectivity index (χ0v) is 33.3. The molecule has 3 fully saturated rings. The van der Waals surface area contributed by atoms with E-state index in [1.165, 1.54) is 18.2 Å². The summed E-state index contributed by atoms with van der Waals surface area (Å²) < 4.78 is 40.2. The van der Waals surface area contributed by atoms with Gasteiger partial charge in [0, 0.05) is 60.0 Å². The lowest BCUT2D eigenvalue weighted by Gasteiger charge is -2.34. The molecular weight excluding hydrogens is 748 g/mol. The van der Waals surface area contributed by atoms with E-state index in [1.807, 2.05) is 20.8 Å². The first-order valence-corrected chi connectivity index (χ1v) is 20.0. The number of imide groups is 1. The van der Waals surface area contributed by atoms with E-state index in [4.69, 9.17) is 21.1 Å². The maximum absolute atomic E-state index is 14.3. The number of nitrogens with zero attached hydrogens (tertiary/aromatic N) is 3. The molecule has 0 bridgehead atoms. The lowest BCUT2D eigenvalue weighted by Crippen LogP contribution is -2.59. The molecule has 1 aromatic heterocycles. The fourth-order valence-corrected chi connectivity index (χ4v) is 8.72. The van der Waals surface area contributed by atoms with Crippen molar-refractivity contribution in [3.63, 3.8) is 0 Å². The highest BCUT2D eigenvalue weighted by Crippen LogP contribution is 2.53. The molecule has 2 heterocycles. The average molecular weight is 795 g/mol. The molecule has 6 rings (SSSR count). The minimum absolute atomic E-state index is 0.0300. The Balaban J connectivity index is 1.29. The Kier molecular flexibility index (Phi) is 10.9. The van der Waals surface area contributed by atoms with Crippen LogP contribution in [0.1, 0.15) is 56.8 Å². The number of anilines is 1. The monoisotopic (exact) mass is 794 g/mol. The first-order valence-electron chi connectivity index (χ1n) is 18.1. The lowest BCUT2D eigenvalue weighted by atomic mass is 9.85. The molecule has 55 heavy (non-hydrogen) atoms. The number of aromatic nitrogens is 1. The molecule has 0 unspecified atom stereocenters. The van der Waals surface area contributed by atoms with E-state index in [-0.39, 0.29) is 31.2 Å². The minimum atomic E-state index is -3.92. The molecule has 2 aromatic carbocycles. The second-order valence-corrected chi connectivity index (χ2v) is 18.1. The topological polar surface area (TPSA) is 176 Å². The van der Waals surface area contributed by atoms with Crippen LogP contribution in [0.15, 0.2) is 61.3 Å². The number of carbonyl (C=O) groups is 4. The number of methoxy groups -OCH3 is 1. The summed E-state index contributed by atoms with van der Waals surface area (Å²) >= 11 is 6.35. The molecule has 3 aliphatic rings. The number of ether oxygens (including phenoxy) is 2. The Morgan fingerprint density at radius 2 is 1.78 bits per heavy atom. The molecule has 2 saturated carbocycles. The summed E-state index contributed by atoms with van der Waals surface area (Å²) in [6.07, 6.45) is 3.55. The standard InChI is InChI=1S/C39H47ClN6O8S/c1-8-23-19-39(23,37(50)44-55(51,52)27-14-15-27)46-21-26(54-35-29-17-24(40)11-16-28(29)31(53-7)20-41-35)18-30(46)33(47)43-34(48)32(38(2,3)4)42-25-12-9-22(10-13-25)36(49)45(5)6/h8-13,16-17,20,23,26-27,30,32,42H,1,14-15,18-19,21H2,2-7H3,(H,44,50)(H,43,47,48)/t23-,26-,30+,32+,39-/m1/s1. The van der Waals surface area contributed by atoms with Crippen LogP contribution in [-0.2, 0) is 24.4 Å². The third kappa shape index (κ3) is 8.14. The van der Waals surface area contributed by atoms with Gasteiger partial charge in [-0.2, -0.15) is 0 Å². The first-order chi connectivity index (χ1) is 25.9. The van der Waals surface area contributed by atoms with Crippen molar-refractivity contribution in [2.24, 2.45) is 11.3 Å². The number of rotatable bonds is 13. The zero-order valence-electron chi connectivity index (χ0n) is 31.7. The summed E-state index contributed by atoms with van der Waals surface area (Å²) in [7, 11) is 0.913. The second-order valence-electron chi connectivity index (χ2n) is 15.7. The number of fused-ring (bicyclic) bond motifs is 1. The van der Waals surface area contributed by atoms with Crippen molar-refractivity contribution < 1.29 is 37.1 Å². The van der Waals surface area contributed by atoms with Crippen LogP contribution in [0.4, 0.5) is 5.69 Å². The Morgan fingerprint density at radius 3 is 2.36 bits per heavy atom. The Bertz CT molecular complexity index is 2140. The zero-order chi connectivity index (χ0) is 40.0. The maximum atomic E-state index is 14.3. The lowest BCUT2D eigenvalue weighted by molar-refractivity contribution is -0.136. The Hall–Kier alpha value is -4.73. The van der Waals surface area contributed by atoms with Crippen LogP contribution in [0.3, 0.4) is 0 Å². The molecule has 1 aliphatic heterocycles. The average Bonchev–Trinajstić information content (AvgIpc) is 4.06. The van der Waals surface area contributed by atoms with E-state index in [9.17, 15) is 27.6 Å². The SMILES string of the molecule is C=C[C@@H]1C[C@@]1(C(=O)NS(=O)(=O)C1CC1)N1C[C@H](Oc2ncc(OC)c3ccc(Cl)cc23)C[C@H]1C(=O)NC(=O)[C@H](Nc1ccc(C(=O)N(C)C)cc1)C(C)(C)C. The van der Waals surface area contributed by atoms with Gasteiger partial charge in [-0.1, -0.05) is 38.4 Å². The number of nitrogens with one attached hydrogen (secondary N) is 3. The number of carbonyl (C=O) groups excluding carboxylic acids is 4. The van der Waals surface area contributed by atoms with Crippen LogP contribution in [0.2, 0.25) is 5.02 Å². The molecule has 16 heteroatoms. The molecule has 14 nitrogen and oxygen atoms in total. The second kappa shape index (κ2) is 15.1.